The van der Waals surface area contributed by atoms with Gasteiger partial charge in [-0.05, 0) is 72.8 Å². The van der Waals surface area contributed by atoms with Gasteiger partial charge in [-0.3, -0.25) is 0 Å². The Morgan fingerprint density at radius 3 is 1.36 bits per heavy atom. The van der Waals surface area contributed by atoms with Crippen molar-refractivity contribution in [3.05, 3.63) is 158 Å². The number of rotatable bonds is 2. The Kier molecular flexibility index (Phi) is 5.06. The van der Waals surface area contributed by atoms with Crippen molar-refractivity contribution in [2.45, 2.75) is 0 Å². The third-order valence-electron chi connectivity index (χ3n) is 11.3. The highest BCUT2D eigenvalue weighted by Crippen LogP contribution is 2.47. The quantitative estimate of drug-likeness (QED) is 0.183. The van der Waals surface area contributed by atoms with Gasteiger partial charge in [0.1, 0.15) is 33.5 Å². The number of fused-ring (bicyclic) bond motifs is 17. The molecule has 0 radical (unpaired) electrons. The van der Waals surface area contributed by atoms with Gasteiger partial charge in [-0.15, -0.1) is 0 Å². The molecule has 0 saturated heterocycles. The molecule has 53 heavy (non-hydrogen) atoms. The van der Waals surface area contributed by atoms with E-state index in [-0.39, 0.29) is 0 Å². The summed E-state index contributed by atoms with van der Waals surface area (Å²) >= 11 is 0. The summed E-state index contributed by atoms with van der Waals surface area (Å²) in [7, 11) is 0. The Labute approximate surface area is 300 Å². The lowest BCUT2D eigenvalue weighted by molar-refractivity contribution is 0.668. The van der Waals surface area contributed by atoms with Crippen LogP contribution >= 0.6 is 0 Å². The molecule has 0 fully saturated rings. The first-order valence-electron chi connectivity index (χ1n) is 17.9. The van der Waals surface area contributed by atoms with Crippen LogP contribution in [0.25, 0.3) is 121 Å². The molecule has 5 aromatic heterocycles. The summed E-state index contributed by atoms with van der Waals surface area (Å²) in [5.41, 5.74) is 11.9. The lowest BCUT2D eigenvalue weighted by Crippen LogP contribution is -1.94. The minimum absolute atomic E-state index is 0.870. The number of aromatic nitrogens is 2. The standard InChI is InChI=1S/C48H26N2O3/c1-5-15-32-27(11-1)45-36(49(32)34-17-9-21-40-43(34)29-13-3-7-19-38(29)51-40)25-26-42-47(45)31-23-24-37-46(48(31)53-42)28-12-2-6-16-33(28)50(37)35-18-10-22-41-44(35)30-14-4-8-20-39(30)52-41/h1-26H. The van der Waals surface area contributed by atoms with Crippen molar-refractivity contribution in [2.24, 2.45) is 0 Å². The summed E-state index contributed by atoms with van der Waals surface area (Å²) in [6.45, 7) is 0. The molecule has 0 saturated carbocycles. The predicted molar refractivity (Wildman–Crippen MR) is 217 cm³/mol. The maximum absolute atomic E-state index is 7.00. The average Bonchev–Trinajstić information content (AvgIpc) is 4.01. The van der Waals surface area contributed by atoms with Crippen LogP contribution in [0, 0.1) is 0 Å². The third-order valence-corrected chi connectivity index (χ3v) is 11.3. The summed E-state index contributed by atoms with van der Waals surface area (Å²) in [4.78, 5) is 0. The van der Waals surface area contributed by atoms with E-state index in [2.05, 4.69) is 143 Å². The SMILES string of the molecule is c1ccc2c(c1)oc1cccc(-n3c4ccccc4c4c5oc6ccc7c(c8ccccc8n7-c7cccc8oc9ccccc9c78)c6c5ccc43)c12. The second kappa shape index (κ2) is 9.75. The van der Waals surface area contributed by atoms with Crippen LogP contribution in [0.1, 0.15) is 0 Å². The number of furan rings is 3. The van der Waals surface area contributed by atoms with Crippen LogP contribution in [0.5, 0.6) is 0 Å². The predicted octanol–water partition coefficient (Wildman–Crippen LogP) is 13.6. The van der Waals surface area contributed by atoms with Crippen molar-refractivity contribution < 1.29 is 13.3 Å². The Morgan fingerprint density at radius 1 is 0.264 bits per heavy atom. The topological polar surface area (TPSA) is 49.3 Å². The van der Waals surface area contributed by atoms with Gasteiger partial charge >= 0.3 is 0 Å². The fourth-order valence-electron chi connectivity index (χ4n) is 9.24. The zero-order valence-corrected chi connectivity index (χ0v) is 28.1. The fraction of sp³-hybridized carbons (Fsp3) is 0. The number of benzene rings is 8. The van der Waals surface area contributed by atoms with Crippen LogP contribution in [0.3, 0.4) is 0 Å². The summed E-state index contributed by atoms with van der Waals surface area (Å²) in [5.74, 6) is 0. The van der Waals surface area contributed by atoms with Crippen molar-refractivity contribution in [1.29, 1.82) is 0 Å². The number of hydrogen-bond acceptors (Lipinski definition) is 3. The molecule has 0 amide bonds. The second-order valence-corrected chi connectivity index (χ2v) is 14.0. The molecular formula is C48H26N2O3. The lowest BCUT2D eigenvalue weighted by Gasteiger charge is -2.09. The van der Waals surface area contributed by atoms with Crippen molar-refractivity contribution in [3.63, 3.8) is 0 Å². The van der Waals surface area contributed by atoms with Gasteiger partial charge in [-0.1, -0.05) is 84.9 Å². The van der Waals surface area contributed by atoms with Crippen LogP contribution in [0.15, 0.2) is 171 Å². The van der Waals surface area contributed by atoms with E-state index in [1.54, 1.807) is 0 Å². The van der Waals surface area contributed by atoms with Gasteiger partial charge in [0.2, 0.25) is 0 Å². The molecule has 0 aliphatic rings. The summed E-state index contributed by atoms with van der Waals surface area (Å²) in [6.07, 6.45) is 0. The first-order valence-corrected chi connectivity index (χ1v) is 17.9. The zero-order valence-electron chi connectivity index (χ0n) is 28.1. The van der Waals surface area contributed by atoms with Crippen LogP contribution in [-0.2, 0) is 0 Å². The first-order chi connectivity index (χ1) is 26.3. The number of nitrogens with zero attached hydrogens (tertiary/aromatic N) is 2. The van der Waals surface area contributed by atoms with Crippen LogP contribution in [0.2, 0.25) is 0 Å². The van der Waals surface area contributed by atoms with Crippen molar-refractivity contribution in [3.8, 4) is 11.4 Å². The molecule has 5 heterocycles. The Bertz CT molecular complexity index is 3700. The molecule has 5 heteroatoms. The van der Waals surface area contributed by atoms with E-state index in [9.17, 15) is 0 Å². The Balaban J connectivity index is 1.16. The normalized spacial score (nSPS) is 12.5. The largest absolute Gasteiger partial charge is 0.456 e. The second-order valence-electron chi connectivity index (χ2n) is 14.0. The molecule has 246 valence electrons. The Morgan fingerprint density at radius 2 is 0.736 bits per heavy atom. The molecule has 0 spiro atoms. The molecule has 0 aliphatic heterocycles. The highest BCUT2D eigenvalue weighted by molar-refractivity contribution is 6.32. The third kappa shape index (κ3) is 3.42. The van der Waals surface area contributed by atoms with Gasteiger partial charge in [-0.25, -0.2) is 0 Å². The van der Waals surface area contributed by atoms with Crippen LogP contribution in [-0.4, -0.2) is 9.13 Å². The number of para-hydroxylation sites is 4. The molecule has 0 N–H and O–H groups in total. The van der Waals surface area contributed by atoms with Crippen molar-refractivity contribution in [1.82, 2.24) is 9.13 Å². The van der Waals surface area contributed by atoms with E-state index in [0.29, 0.717) is 0 Å². The van der Waals surface area contributed by atoms with E-state index in [0.717, 1.165) is 110 Å². The summed E-state index contributed by atoms with van der Waals surface area (Å²) < 4.78 is 24.4. The van der Waals surface area contributed by atoms with Crippen molar-refractivity contribution in [2.75, 3.05) is 0 Å². The monoisotopic (exact) mass is 678 g/mol. The van der Waals surface area contributed by atoms with Gasteiger partial charge in [-0.2, -0.15) is 0 Å². The molecule has 13 rings (SSSR count). The van der Waals surface area contributed by atoms with E-state index in [1.807, 2.05) is 24.3 Å². The fourth-order valence-corrected chi connectivity index (χ4v) is 9.24. The maximum atomic E-state index is 7.00. The highest BCUT2D eigenvalue weighted by atomic mass is 16.3. The van der Waals surface area contributed by atoms with E-state index >= 15 is 0 Å². The van der Waals surface area contributed by atoms with Gasteiger partial charge in [0.05, 0.1) is 49.6 Å². The molecule has 0 unspecified atom stereocenters. The van der Waals surface area contributed by atoms with Crippen LogP contribution < -0.4 is 0 Å². The van der Waals surface area contributed by atoms with Crippen molar-refractivity contribution >= 4 is 109 Å². The smallest absolute Gasteiger partial charge is 0.145 e. The first kappa shape index (κ1) is 27.5. The molecule has 0 atom stereocenters. The maximum Gasteiger partial charge on any atom is 0.145 e. The molecular weight excluding hydrogens is 653 g/mol. The van der Waals surface area contributed by atoms with Crippen LogP contribution in [0.4, 0.5) is 0 Å². The summed E-state index contributed by atoms with van der Waals surface area (Å²) in [6, 6.07) is 55.5. The average molecular weight is 679 g/mol. The molecule has 0 bridgehead atoms. The van der Waals surface area contributed by atoms with E-state index < -0.39 is 0 Å². The highest BCUT2D eigenvalue weighted by Gasteiger charge is 2.24. The van der Waals surface area contributed by atoms with Gasteiger partial charge in [0, 0.05) is 37.7 Å². The zero-order chi connectivity index (χ0) is 34.4. The number of hydrogen-bond donors (Lipinski definition) is 0. The van der Waals surface area contributed by atoms with Gasteiger partial charge in [0.25, 0.3) is 0 Å². The molecule has 0 aliphatic carbocycles. The minimum atomic E-state index is 0.870. The van der Waals surface area contributed by atoms with Gasteiger partial charge in [0.15, 0.2) is 0 Å². The van der Waals surface area contributed by atoms with E-state index in [1.165, 1.54) is 10.8 Å². The minimum Gasteiger partial charge on any atom is -0.456 e. The Hall–Kier alpha value is -7.24. The van der Waals surface area contributed by atoms with E-state index in [4.69, 9.17) is 13.3 Å². The summed E-state index contributed by atoms with van der Waals surface area (Å²) in [5, 5.41) is 11.3. The molecule has 8 aromatic carbocycles. The molecule has 13 aromatic rings. The molecule has 5 nitrogen and oxygen atoms in total. The van der Waals surface area contributed by atoms with Gasteiger partial charge < -0.3 is 22.4 Å². The lowest BCUT2D eigenvalue weighted by atomic mass is 10.0.